The van der Waals surface area contributed by atoms with Gasteiger partial charge in [0.25, 0.3) is 0 Å². The first kappa shape index (κ1) is 22.9. The topological polar surface area (TPSA) is 17.1 Å². The standard InChI is InChI=1S/C21H4F10O/c22-11-9(12(23)16(27)19(30)15(11)26)5-4-7-2-1-3-8(6-7)21(32)10-13(24)17(28)20(31)18(29)14(10)25/h1-3,6H. The molecule has 1 nitrogen and oxygen atoms in total. The Hall–Kier alpha value is -3.81. The summed E-state index contributed by atoms with van der Waals surface area (Å²) in [4.78, 5) is 12.3. The highest BCUT2D eigenvalue weighted by Gasteiger charge is 2.30. The molecule has 0 N–H and O–H groups in total. The van der Waals surface area contributed by atoms with Crippen molar-refractivity contribution in [3.05, 3.63) is 105 Å². The van der Waals surface area contributed by atoms with Crippen molar-refractivity contribution in [1.29, 1.82) is 0 Å². The molecule has 32 heavy (non-hydrogen) atoms. The highest BCUT2D eigenvalue weighted by atomic mass is 19.2. The number of rotatable bonds is 2. The molecule has 164 valence electrons. The van der Waals surface area contributed by atoms with Gasteiger partial charge in [0, 0.05) is 11.1 Å². The average molecular weight is 462 g/mol. The van der Waals surface area contributed by atoms with Crippen LogP contribution < -0.4 is 0 Å². The van der Waals surface area contributed by atoms with Gasteiger partial charge in [-0.05, 0) is 12.1 Å². The van der Waals surface area contributed by atoms with Gasteiger partial charge < -0.3 is 0 Å². The number of halogens is 10. The molecule has 0 unspecified atom stereocenters. The second-order valence-corrected chi connectivity index (χ2v) is 6.05. The van der Waals surface area contributed by atoms with Crippen molar-refractivity contribution in [3.63, 3.8) is 0 Å². The Bertz CT molecular complexity index is 1290. The number of carbonyl (C=O) groups is 1. The van der Waals surface area contributed by atoms with Crippen molar-refractivity contribution >= 4 is 5.78 Å². The van der Waals surface area contributed by atoms with E-state index < -0.39 is 80.6 Å². The third-order valence-electron chi connectivity index (χ3n) is 4.10. The van der Waals surface area contributed by atoms with E-state index in [2.05, 4.69) is 0 Å². The minimum absolute atomic E-state index is 0.316. The third-order valence-corrected chi connectivity index (χ3v) is 4.10. The van der Waals surface area contributed by atoms with E-state index in [1.165, 1.54) is 0 Å². The lowest BCUT2D eigenvalue weighted by Crippen LogP contribution is -2.13. The van der Waals surface area contributed by atoms with Crippen LogP contribution in [0.4, 0.5) is 43.9 Å². The predicted octanol–water partition coefficient (Wildman–Crippen LogP) is 5.71. The molecule has 0 saturated heterocycles. The molecule has 0 aliphatic heterocycles. The molecular formula is C21H4F10O. The van der Waals surface area contributed by atoms with Gasteiger partial charge in [-0.15, -0.1) is 0 Å². The average Bonchev–Trinajstić information content (AvgIpc) is 2.79. The molecule has 0 bridgehead atoms. The van der Waals surface area contributed by atoms with Gasteiger partial charge in [-0.1, -0.05) is 24.0 Å². The summed E-state index contributed by atoms with van der Waals surface area (Å²) in [5, 5.41) is 0. The number of hydrogen-bond donors (Lipinski definition) is 0. The van der Waals surface area contributed by atoms with Crippen molar-refractivity contribution in [2.75, 3.05) is 0 Å². The van der Waals surface area contributed by atoms with Gasteiger partial charge in [-0.25, -0.2) is 43.9 Å². The maximum Gasteiger partial charge on any atom is 0.200 e. The molecule has 11 heteroatoms. The summed E-state index contributed by atoms with van der Waals surface area (Å²) in [7, 11) is 0. The van der Waals surface area contributed by atoms with E-state index in [4.69, 9.17) is 0 Å². The van der Waals surface area contributed by atoms with E-state index in [0.717, 1.165) is 24.3 Å². The Labute approximate surface area is 171 Å². The van der Waals surface area contributed by atoms with E-state index in [9.17, 15) is 48.7 Å². The van der Waals surface area contributed by atoms with Crippen LogP contribution in [0.25, 0.3) is 0 Å². The largest absolute Gasteiger partial charge is 0.288 e. The van der Waals surface area contributed by atoms with Crippen molar-refractivity contribution in [2.45, 2.75) is 0 Å². The van der Waals surface area contributed by atoms with Crippen LogP contribution in [-0.4, -0.2) is 5.78 Å². The summed E-state index contributed by atoms with van der Waals surface area (Å²) >= 11 is 0. The van der Waals surface area contributed by atoms with Crippen molar-refractivity contribution in [1.82, 2.24) is 0 Å². The second-order valence-electron chi connectivity index (χ2n) is 6.05. The molecule has 0 saturated carbocycles. The van der Waals surface area contributed by atoms with Gasteiger partial charge >= 0.3 is 0 Å². The maximum absolute atomic E-state index is 13.9. The molecule has 3 aromatic rings. The molecule has 0 atom stereocenters. The first-order valence-electron chi connectivity index (χ1n) is 8.17. The molecule has 0 radical (unpaired) electrons. The highest BCUT2D eigenvalue weighted by Crippen LogP contribution is 2.26. The Morgan fingerprint density at radius 3 is 1.50 bits per heavy atom. The Kier molecular flexibility index (Phi) is 5.98. The zero-order chi connectivity index (χ0) is 23.9. The number of benzene rings is 3. The molecule has 3 rings (SSSR count). The summed E-state index contributed by atoms with van der Waals surface area (Å²) in [6, 6.07) is 3.76. The normalized spacial score (nSPS) is 10.7. The fourth-order valence-corrected chi connectivity index (χ4v) is 2.54. The van der Waals surface area contributed by atoms with Crippen LogP contribution in [0.2, 0.25) is 0 Å². The Morgan fingerprint density at radius 2 is 1.00 bits per heavy atom. The Morgan fingerprint density at radius 1 is 0.562 bits per heavy atom. The van der Waals surface area contributed by atoms with Gasteiger partial charge in [-0.2, -0.15) is 0 Å². The predicted molar refractivity (Wildman–Crippen MR) is 88.3 cm³/mol. The van der Waals surface area contributed by atoms with E-state index >= 15 is 0 Å². The van der Waals surface area contributed by atoms with Crippen LogP contribution in [-0.2, 0) is 0 Å². The second kappa shape index (κ2) is 8.37. The summed E-state index contributed by atoms with van der Waals surface area (Å²) < 4.78 is 134. The SMILES string of the molecule is O=C(c1cccc(C#Cc2c(F)c(F)c(F)c(F)c2F)c1)c1c(F)c(F)c(F)c(F)c1F. The number of hydrogen-bond acceptors (Lipinski definition) is 1. The van der Waals surface area contributed by atoms with Crippen molar-refractivity contribution < 1.29 is 48.7 Å². The van der Waals surface area contributed by atoms with Crippen LogP contribution in [0.5, 0.6) is 0 Å². The highest BCUT2D eigenvalue weighted by molar-refractivity contribution is 6.09. The lowest BCUT2D eigenvalue weighted by molar-refractivity contribution is 0.102. The minimum Gasteiger partial charge on any atom is -0.288 e. The molecule has 0 spiro atoms. The Balaban J connectivity index is 2.08. The van der Waals surface area contributed by atoms with Crippen LogP contribution in [0.1, 0.15) is 27.0 Å². The maximum atomic E-state index is 13.9. The van der Waals surface area contributed by atoms with E-state index in [1.807, 2.05) is 5.92 Å². The van der Waals surface area contributed by atoms with Crippen LogP contribution in [0, 0.1) is 70.0 Å². The first-order valence-corrected chi connectivity index (χ1v) is 8.17. The van der Waals surface area contributed by atoms with Crippen molar-refractivity contribution in [3.8, 4) is 11.8 Å². The van der Waals surface area contributed by atoms with Crippen LogP contribution >= 0.6 is 0 Å². The lowest BCUT2D eigenvalue weighted by Gasteiger charge is -2.07. The lowest BCUT2D eigenvalue weighted by atomic mass is 9.99. The summed E-state index contributed by atoms with van der Waals surface area (Å²) in [5.74, 6) is -21.2. The van der Waals surface area contributed by atoms with Crippen LogP contribution in [0.3, 0.4) is 0 Å². The van der Waals surface area contributed by atoms with Gasteiger partial charge in [-0.3, -0.25) is 4.79 Å². The number of ketones is 1. The molecule has 3 aromatic carbocycles. The van der Waals surface area contributed by atoms with E-state index in [0.29, 0.717) is 0 Å². The summed E-state index contributed by atoms with van der Waals surface area (Å²) in [6.45, 7) is 0. The monoisotopic (exact) mass is 462 g/mol. The first-order chi connectivity index (χ1) is 15.0. The zero-order valence-electron chi connectivity index (χ0n) is 15.0. The third kappa shape index (κ3) is 3.68. The van der Waals surface area contributed by atoms with Gasteiger partial charge in [0.1, 0.15) is 11.1 Å². The zero-order valence-corrected chi connectivity index (χ0v) is 15.0. The molecular weight excluding hydrogens is 458 g/mol. The van der Waals surface area contributed by atoms with Crippen LogP contribution in [0.15, 0.2) is 24.3 Å². The summed E-state index contributed by atoms with van der Waals surface area (Å²) in [5.41, 5.74) is -4.20. The summed E-state index contributed by atoms with van der Waals surface area (Å²) in [6.07, 6.45) is 0. The number of carbonyl (C=O) groups excluding carboxylic acids is 1. The quantitative estimate of drug-likeness (QED) is 0.157. The van der Waals surface area contributed by atoms with Gasteiger partial charge in [0.2, 0.25) is 11.6 Å². The molecule has 0 fully saturated rings. The van der Waals surface area contributed by atoms with E-state index in [1.54, 1.807) is 5.92 Å². The minimum atomic E-state index is -2.47. The van der Waals surface area contributed by atoms with E-state index in [-0.39, 0.29) is 5.56 Å². The fourth-order valence-electron chi connectivity index (χ4n) is 2.54. The molecule has 0 amide bonds. The van der Waals surface area contributed by atoms with Gasteiger partial charge in [0.15, 0.2) is 52.3 Å². The smallest absolute Gasteiger partial charge is 0.200 e. The van der Waals surface area contributed by atoms with Crippen molar-refractivity contribution in [2.24, 2.45) is 0 Å². The molecule has 0 aliphatic carbocycles. The molecule has 0 heterocycles. The molecule has 0 aliphatic rings. The fraction of sp³-hybridized carbons (Fsp3) is 0. The molecule has 0 aromatic heterocycles. The van der Waals surface area contributed by atoms with Gasteiger partial charge in [0.05, 0.1) is 0 Å².